The van der Waals surface area contributed by atoms with Gasteiger partial charge in [-0.1, -0.05) is 23.2 Å². The molecule has 0 aliphatic carbocycles. The van der Waals surface area contributed by atoms with Crippen LogP contribution >= 0.6 is 23.2 Å². The molecule has 1 aromatic carbocycles. The normalized spacial score (nSPS) is 9.82. The standard InChI is InChI=1S/C11H8Cl2O4/c1-17-11(16)10(15)5-9(14)7-3-2-6(12)4-8(7)13/h2-4H,5H2,1H3. The van der Waals surface area contributed by atoms with Crippen LogP contribution in [0.2, 0.25) is 10.0 Å². The zero-order valence-electron chi connectivity index (χ0n) is 8.83. The third kappa shape index (κ3) is 3.54. The van der Waals surface area contributed by atoms with Crippen LogP contribution in [0.3, 0.4) is 0 Å². The average Bonchev–Trinajstić information content (AvgIpc) is 2.27. The molecule has 17 heavy (non-hydrogen) atoms. The summed E-state index contributed by atoms with van der Waals surface area (Å²) >= 11 is 11.5. The molecule has 0 aliphatic rings. The maximum absolute atomic E-state index is 11.7. The van der Waals surface area contributed by atoms with Gasteiger partial charge in [0, 0.05) is 10.6 Å². The Morgan fingerprint density at radius 3 is 2.41 bits per heavy atom. The molecule has 0 heterocycles. The largest absolute Gasteiger partial charge is 0.463 e. The molecule has 0 spiro atoms. The van der Waals surface area contributed by atoms with E-state index in [1.54, 1.807) is 0 Å². The fourth-order valence-electron chi connectivity index (χ4n) is 1.14. The van der Waals surface area contributed by atoms with Crippen LogP contribution in [0.4, 0.5) is 0 Å². The number of ketones is 2. The minimum absolute atomic E-state index is 0.139. The molecule has 0 unspecified atom stereocenters. The maximum Gasteiger partial charge on any atom is 0.374 e. The summed E-state index contributed by atoms with van der Waals surface area (Å²) in [6, 6.07) is 4.26. The molecular weight excluding hydrogens is 267 g/mol. The van der Waals surface area contributed by atoms with Crippen LogP contribution in [0.5, 0.6) is 0 Å². The highest BCUT2D eigenvalue weighted by Crippen LogP contribution is 2.22. The molecule has 0 N–H and O–H groups in total. The lowest BCUT2D eigenvalue weighted by molar-refractivity contribution is -0.151. The van der Waals surface area contributed by atoms with Gasteiger partial charge in [-0.05, 0) is 18.2 Å². The van der Waals surface area contributed by atoms with Gasteiger partial charge in [0.25, 0.3) is 0 Å². The van der Waals surface area contributed by atoms with Gasteiger partial charge >= 0.3 is 5.97 Å². The molecule has 0 radical (unpaired) electrons. The number of hydrogen-bond acceptors (Lipinski definition) is 4. The zero-order valence-corrected chi connectivity index (χ0v) is 10.3. The number of Topliss-reactive ketones (excluding diaryl/α,β-unsaturated/α-hetero) is 2. The smallest absolute Gasteiger partial charge is 0.374 e. The number of hydrogen-bond donors (Lipinski definition) is 0. The molecule has 6 heteroatoms. The Morgan fingerprint density at radius 1 is 1.24 bits per heavy atom. The van der Waals surface area contributed by atoms with Gasteiger partial charge in [0.05, 0.1) is 18.6 Å². The van der Waals surface area contributed by atoms with Gasteiger partial charge in [0.15, 0.2) is 5.78 Å². The monoisotopic (exact) mass is 274 g/mol. The molecule has 1 rings (SSSR count). The molecule has 0 atom stereocenters. The van der Waals surface area contributed by atoms with E-state index in [1.165, 1.54) is 18.2 Å². The highest BCUT2D eigenvalue weighted by Gasteiger charge is 2.20. The second-order valence-corrected chi connectivity index (χ2v) is 3.98. The van der Waals surface area contributed by atoms with Crippen molar-refractivity contribution in [1.29, 1.82) is 0 Å². The highest BCUT2D eigenvalue weighted by atomic mass is 35.5. The lowest BCUT2D eigenvalue weighted by atomic mass is 10.1. The third-order valence-electron chi connectivity index (χ3n) is 1.97. The fourth-order valence-corrected chi connectivity index (χ4v) is 1.66. The van der Waals surface area contributed by atoms with Crippen LogP contribution in [0.25, 0.3) is 0 Å². The highest BCUT2D eigenvalue weighted by molar-refractivity contribution is 6.40. The molecule has 0 saturated carbocycles. The molecule has 4 nitrogen and oxygen atoms in total. The summed E-state index contributed by atoms with van der Waals surface area (Å²) < 4.78 is 4.20. The van der Waals surface area contributed by atoms with Crippen molar-refractivity contribution in [3.8, 4) is 0 Å². The molecule has 0 fully saturated rings. The van der Waals surface area contributed by atoms with E-state index in [-0.39, 0.29) is 10.6 Å². The van der Waals surface area contributed by atoms with Gasteiger partial charge < -0.3 is 4.74 Å². The first kappa shape index (κ1) is 13.7. The Labute approximate surface area is 107 Å². The number of rotatable bonds is 4. The molecule has 0 amide bonds. The first-order valence-corrected chi connectivity index (χ1v) is 5.30. The minimum atomic E-state index is -1.05. The summed E-state index contributed by atoms with van der Waals surface area (Å²) in [5, 5.41) is 0.519. The number of carbonyl (C=O) groups is 3. The van der Waals surface area contributed by atoms with Crippen molar-refractivity contribution >= 4 is 40.7 Å². The van der Waals surface area contributed by atoms with E-state index < -0.39 is 24.0 Å². The number of ether oxygens (including phenoxy) is 1. The molecule has 0 aliphatic heterocycles. The molecule has 0 aromatic heterocycles. The van der Waals surface area contributed by atoms with Gasteiger partial charge in [-0.25, -0.2) is 4.79 Å². The quantitative estimate of drug-likeness (QED) is 0.366. The Kier molecular flexibility index (Phi) is 4.66. The third-order valence-corrected chi connectivity index (χ3v) is 2.51. The van der Waals surface area contributed by atoms with E-state index in [2.05, 4.69) is 4.74 Å². The minimum Gasteiger partial charge on any atom is -0.463 e. The fraction of sp³-hybridized carbons (Fsp3) is 0.182. The van der Waals surface area contributed by atoms with Crippen LogP contribution in [0.1, 0.15) is 16.8 Å². The molecule has 90 valence electrons. The van der Waals surface area contributed by atoms with Crippen LogP contribution in [0, 0.1) is 0 Å². The van der Waals surface area contributed by atoms with E-state index in [4.69, 9.17) is 23.2 Å². The average molecular weight is 275 g/mol. The summed E-state index contributed by atoms with van der Waals surface area (Å²) in [7, 11) is 1.07. The number of methoxy groups -OCH3 is 1. The summed E-state index contributed by atoms with van der Waals surface area (Å²) in [6.45, 7) is 0. The van der Waals surface area contributed by atoms with Crippen molar-refractivity contribution in [3.05, 3.63) is 33.8 Å². The van der Waals surface area contributed by atoms with Crippen molar-refractivity contribution in [2.24, 2.45) is 0 Å². The van der Waals surface area contributed by atoms with E-state index in [9.17, 15) is 14.4 Å². The van der Waals surface area contributed by atoms with Crippen molar-refractivity contribution in [3.63, 3.8) is 0 Å². The van der Waals surface area contributed by atoms with Crippen LogP contribution < -0.4 is 0 Å². The lowest BCUT2D eigenvalue weighted by Gasteiger charge is -2.02. The van der Waals surface area contributed by atoms with Crippen LogP contribution in [0.15, 0.2) is 18.2 Å². The Bertz CT molecular complexity index is 482. The van der Waals surface area contributed by atoms with Crippen molar-refractivity contribution < 1.29 is 19.1 Å². The second kappa shape index (κ2) is 5.80. The van der Waals surface area contributed by atoms with Crippen molar-refractivity contribution in [2.45, 2.75) is 6.42 Å². The Morgan fingerprint density at radius 2 is 1.88 bits per heavy atom. The van der Waals surface area contributed by atoms with E-state index in [0.717, 1.165) is 7.11 Å². The van der Waals surface area contributed by atoms with Gasteiger partial charge in [-0.2, -0.15) is 0 Å². The topological polar surface area (TPSA) is 60.4 Å². The molecular formula is C11H8Cl2O4. The summed E-state index contributed by atoms with van der Waals surface area (Å²) in [6.07, 6.45) is -0.575. The Balaban J connectivity index is 2.84. The Hall–Kier alpha value is -1.39. The van der Waals surface area contributed by atoms with Gasteiger partial charge in [-0.15, -0.1) is 0 Å². The second-order valence-electron chi connectivity index (χ2n) is 3.14. The predicted octanol–water partition coefficient (Wildman–Crippen LogP) is 2.31. The van der Waals surface area contributed by atoms with Crippen molar-refractivity contribution in [2.75, 3.05) is 7.11 Å². The van der Waals surface area contributed by atoms with E-state index in [0.29, 0.717) is 5.02 Å². The van der Waals surface area contributed by atoms with Gasteiger partial charge in [-0.3, -0.25) is 9.59 Å². The first-order valence-electron chi connectivity index (χ1n) is 4.55. The summed E-state index contributed by atoms with van der Waals surface area (Å²) in [4.78, 5) is 33.7. The van der Waals surface area contributed by atoms with E-state index >= 15 is 0 Å². The molecule has 1 aromatic rings. The lowest BCUT2D eigenvalue weighted by Crippen LogP contribution is -2.19. The van der Waals surface area contributed by atoms with Gasteiger partial charge in [0.1, 0.15) is 0 Å². The van der Waals surface area contributed by atoms with E-state index in [1.807, 2.05) is 0 Å². The van der Waals surface area contributed by atoms with Crippen LogP contribution in [-0.4, -0.2) is 24.6 Å². The zero-order chi connectivity index (χ0) is 13.0. The number of carbonyl (C=O) groups excluding carboxylic acids is 3. The molecule has 0 bridgehead atoms. The molecule has 0 saturated heterocycles. The predicted molar refractivity (Wildman–Crippen MR) is 62.4 cm³/mol. The summed E-state index contributed by atoms with van der Waals surface area (Å²) in [5.41, 5.74) is 0.147. The SMILES string of the molecule is COC(=O)C(=O)CC(=O)c1ccc(Cl)cc1Cl. The van der Waals surface area contributed by atoms with Crippen LogP contribution in [-0.2, 0) is 14.3 Å². The number of halogens is 2. The van der Waals surface area contributed by atoms with Gasteiger partial charge in [0.2, 0.25) is 5.78 Å². The maximum atomic E-state index is 11.7. The number of benzene rings is 1. The number of esters is 1. The first-order chi connectivity index (χ1) is 7.95. The van der Waals surface area contributed by atoms with Crippen molar-refractivity contribution in [1.82, 2.24) is 0 Å². The summed E-state index contributed by atoms with van der Waals surface area (Å²) in [5.74, 6) is -2.52.